The minimum Gasteiger partial charge on any atom is -0.494 e. The Balaban J connectivity index is 1.16. The van der Waals surface area contributed by atoms with Crippen molar-refractivity contribution in [3.05, 3.63) is 71.1 Å². The molecule has 2 unspecified atom stereocenters. The predicted molar refractivity (Wildman–Crippen MR) is 177 cm³/mol. The molecule has 5 aromatic rings. The SMILES string of the molecule is COc1cc(C(=O)N2CC3CCC2[C@@H]3N)cc2nc(-c3cc4cccnc4n3CC3CC3)n(C3CN(C(=O)c4ccc(Cl)nc4)C3)c12. The van der Waals surface area contributed by atoms with E-state index in [0.29, 0.717) is 59.0 Å². The lowest BCUT2D eigenvalue weighted by molar-refractivity contribution is 0.0527. The molecule has 6 heterocycles. The van der Waals surface area contributed by atoms with Gasteiger partial charge in [-0.3, -0.25) is 9.59 Å². The zero-order chi connectivity index (χ0) is 32.0. The zero-order valence-corrected chi connectivity index (χ0v) is 26.8. The number of amides is 2. The lowest BCUT2D eigenvalue weighted by Gasteiger charge is -2.41. The largest absolute Gasteiger partial charge is 0.494 e. The molecule has 2 aliphatic heterocycles. The Morgan fingerprint density at radius 3 is 2.55 bits per heavy atom. The van der Waals surface area contributed by atoms with Gasteiger partial charge in [0.1, 0.15) is 22.1 Å². The number of halogens is 1. The normalized spacial score (nSPS) is 22.4. The fourth-order valence-electron chi connectivity index (χ4n) is 7.94. The summed E-state index contributed by atoms with van der Waals surface area (Å²) in [5.41, 5.74) is 10.9. The van der Waals surface area contributed by atoms with Gasteiger partial charge in [-0.15, -0.1) is 0 Å². The quantitative estimate of drug-likeness (QED) is 0.252. The van der Waals surface area contributed by atoms with Crippen LogP contribution in [0.1, 0.15) is 52.4 Å². The number of hydrogen-bond donors (Lipinski definition) is 1. The van der Waals surface area contributed by atoms with Crippen LogP contribution in [0.5, 0.6) is 5.75 Å². The summed E-state index contributed by atoms with van der Waals surface area (Å²) in [6, 6.07) is 13.3. The van der Waals surface area contributed by atoms with Crippen LogP contribution in [-0.4, -0.2) is 84.5 Å². The van der Waals surface area contributed by atoms with Crippen molar-refractivity contribution in [2.75, 3.05) is 26.7 Å². The zero-order valence-electron chi connectivity index (χ0n) is 26.1. The summed E-state index contributed by atoms with van der Waals surface area (Å²) < 4.78 is 10.5. The number of imidazole rings is 1. The smallest absolute Gasteiger partial charge is 0.255 e. The highest BCUT2D eigenvalue weighted by Crippen LogP contribution is 2.42. The van der Waals surface area contributed by atoms with Gasteiger partial charge >= 0.3 is 0 Å². The Labute approximate surface area is 276 Å². The molecular formula is C35H35ClN8O3. The van der Waals surface area contributed by atoms with E-state index < -0.39 is 0 Å². The van der Waals surface area contributed by atoms with E-state index in [4.69, 9.17) is 32.0 Å². The maximum Gasteiger partial charge on any atom is 0.255 e. The van der Waals surface area contributed by atoms with Crippen LogP contribution in [0.15, 0.2) is 54.9 Å². The highest BCUT2D eigenvalue weighted by molar-refractivity contribution is 6.29. The second-order valence-electron chi connectivity index (χ2n) is 13.5. The van der Waals surface area contributed by atoms with Crippen molar-refractivity contribution in [3.63, 3.8) is 0 Å². The van der Waals surface area contributed by atoms with Crippen LogP contribution < -0.4 is 10.5 Å². The Bertz CT molecular complexity index is 2060. The summed E-state index contributed by atoms with van der Waals surface area (Å²) in [7, 11) is 1.63. The van der Waals surface area contributed by atoms with E-state index in [1.165, 1.54) is 19.0 Å². The first-order valence-corrected chi connectivity index (χ1v) is 16.8. The molecule has 47 heavy (non-hydrogen) atoms. The van der Waals surface area contributed by atoms with Gasteiger partial charge < -0.3 is 29.4 Å². The van der Waals surface area contributed by atoms with Crippen LogP contribution in [-0.2, 0) is 6.54 Å². The maximum atomic E-state index is 13.9. The Hall–Kier alpha value is -4.48. The second-order valence-corrected chi connectivity index (χ2v) is 13.9. The van der Waals surface area contributed by atoms with Gasteiger partial charge in [-0.25, -0.2) is 15.0 Å². The molecule has 0 radical (unpaired) electrons. The first-order valence-electron chi connectivity index (χ1n) is 16.4. The van der Waals surface area contributed by atoms with Crippen molar-refractivity contribution in [2.45, 2.75) is 50.4 Å². The highest BCUT2D eigenvalue weighted by atomic mass is 35.5. The van der Waals surface area contributed by atoms with Crippen molar-refractivity contribution < 1.29 is 14.3 Å². The molecule has 2 saturated heterocycles. The standard InChI is InChI=1S/C35H35ClN8O3/c1-47-28-13-23(35(46)43-16-22-6-8-26(43)30(22)37)11-25-31(28)44(24-17-41(18-24)34(45)21-7-9-29(36)39-14-21)33(40-25)27-12-20-3-2-10-38-32(20)42(27)15-19-4-5-19/h2-3,7,9-14,19,22,24,26,30H,4-6,8,15-18,37H2,1H3/t22?,26?,30-/m1/s1. The molecular weight excluding hydrogens is 616 g/mol. The number of ether oxygens (including phenoxy) is 1. The summed E-state index contributed by atoms with van der Waals surface area (Å²) in [5, 5.41) is 1.39. The molecule has 4 aromatic heterocycles. The van der Waals surface area contributed by atoms with E-state index in [-0.39, 0.29) is 29.9 Å². The van der Waals surface area contributed by atoms with Crippen molar-refractivity contribution in [1.29, 1.82) is 0 Å². The number of fused-ring (bicyclic) bond motifs is 4. The van der Waals surface area contributed by atoms with Crippen molar-refractivity contribution in [2.24, 2.45) is 17.6 Å². The van der Waals surface area contributed by atoms with Gasteiger partial charge in [0.2, 0.25) is 0 Å². The molecule has 9 rings (SSSR count). The average molecular weight is 651 g/mol. The fourth-order valence-corrected chi connectivity index (χ4v) is 8.05. The number of carbonyl (C=O) groups excluding carboxylic acids is 2. The number of hydrogen-bond acceptors (Lipinski definition) is 7. The first kappa shape index (κ1) is 28.7. The third kappa shape index (κ3) is 4.62. The van der Waals surface area contributed by atoms with Crippen molar-refractivity contribution >= 4 is 45.5 Å². The Morgan fingerprint density at radius 2 is 1.85 bits per heavy atom. The number of methoxy groups -OCH3 is 1. The van der Waals surface area contributed by atoms with E-state index >= 15 is 0 Å². The van der Waals surface area contributed by atoms with E-state index in [1.807, 2.05) is 34.2 Å². The molecule has 2 aliphatic carbocycles. The summed E-state index contributed by atoms with van der Waals surface area (Å²) in [5.74, 6) is 2.18. The van der Waals surface area contributed by atoms with Crippen LogP contribution in [0.2, 0.25) is 5.15 Å². The van der Waals surface area contributed by atoms with Crippen LogP contribution in [0, 0.1) is 11.8 Å². The first-order chi connectivity index (χ1) is 22.9. The topological polar surface area (TPSA) is 124 Å². The number of nitrogens with two attached hydrogens (primary N) is 1. The molecule has 2 amide bonds. The number of aromatic nitrogens is 5. The van der Waals surface area contributed by atoms with Gasteiger partial charge in [-0.2, -0.15) is 0 Å². The van der Waals surface area contributed by atoms with Crippen molar-refractivity contribution in [1.82, 2.24) is 33.9 Å². The van der Waals surface area contributed by atoms with Gasteiger partial charge in [-0.1, -0.05) is 11.6 Å². The van der Waals surface area contributed by atoms with Gasteiger partial charge in [0, 0.05) is 61.6 Å². The number of pyridine rings is 2. The third-order valence-corrected chi connectivity index (χ3v) is 10.9. The predicted octanol–water partition coefficient (Wildman–Crippen LogP) is 4.78. The second kappa shape index (κ2) is 10.8. The molecule has 1 aromatic carbocycles. The third-order valence-electron chi connectivity index (χ3n) is 10.6. The van der Waals surface area contributed by atoms with Gasteiger partial charge in [0.25, 0.3) is 11.8 Å². The lowest BCUT2D eigenvalue weighted by atomic mass is 10.1. The van der Waals surface area contributed by atoms with E-state index in [0.717, 1.165) is 47.5 Å². The lowest BCUT2D eigenvalue weighted by Crippen LogP contribution is -2.50. The fraction of sp³-hybridized carbons (Fsp3) is 0.400. The van der Waals surface area contributed by atoms with Gasteiger partial charge in [0.05, 0.1) is 29.9 Å². The molecule has 3 atom stereocenters. The van der Waals surface area contributed by atoms with Crippen LogP contribution >= 0.6 is 11.6 Å². The molecule has 4 aliphatic rings. The van der Waals surface area contributed by atoms with Crippen LogP contribution in [0.25, 0.3) is 33.6 Å². The number of carbonyl (C=O) groups is 2. The molecule has 2 bridgehead atoms. The molecule has 11 nitrogen and oxygen atoms in total. The molecule has 4 fully saturated rings. The van der Waals surface area contributed by atoms with Gasteiger partial charge in [-0.05, 0) is 80.0 Å². The summed E-state index contributed by atoms with van der Waals surface area (Å²) in [6.45, 7) is 2.52. The minimum absolute atomic E-state index is 0.0327. The average Bonchev–Trinajstić information content (AvgIpc) is 3.41. The van der Waals surface area contributed by atoms with E-state index in [1.54, 1.807) is 19.2 Å². The monoisotopic (exact) mass is 650 g/mol. The molecule has 2 saturated carbocycles. The number of nitrogens with zero attached hydrogens (tertiary/aromatic N) is 7. The van der Waals surface area contributed by atoms with Crippen LogP contribution in [0.3, 0.4) is 0 Å². The number of benzene rings is 1. The van der Waals surface area contributed by atoms with Crippen molar-refractivity contribution in [3.8, 4) is 17.3 Å². The molecule has 240 valence electrons. The Morgan fingerprint density at radius 1 is 1.00 bits per heavy atom. The summed E-state index contributed by atoms with van der Waals surface area (Å²) in [6.07, 6.45) is 7.76. The van der Waals surface area contributed by atoms with Gasteiger partial charge in [0.15, 0.2) is 5.82 Å². The van der Waals surface area contributed by atoms with Crippen LogP contribution in [0.4, 0.5) is 0 Å². The highest BCUT2D eigenvalue weighted by Gasteiger charge is 2.47. The Kier molecular flexibility index (Phi) is 6.59. The molecule has 12 heteroatoms. The minimum atomic E-state index is -0.0959. The van der Waals surface area contributed by atoms with E-state index in [9.17, 15) is 9.59 Å². The number of piperidine rings is 1. The molecule has 0 spiro atoms. The summed E-state index contributed by atoms with van der Waals surface area (Å²) in [4.78, 5) is 45.1. The molecule has 2 N–H and O–H groups in total. The maximum absolute atomic E-state index is 13.9. The number of likely N-dealkylation sites (tertiary alicyclic amines) is 2. The number of rotatable bonds is 7. The summed E-state index contributed by atoms with van der Waals surface area (Å²) >= 11 is 5.97. The van der Waals surface area contributed by atoms with E-state index in [2.05, 4.69) is 26.3 Å².